The van der Waals surface area contributed by atoms with Crippen LogP contribution in [-0.4, -0.2) is 18.6 Å². The normalized spacial score (nSPS) is 9.24. The van der Waals surface area contributed by atoms with E-state index in [1.54, 1.807) is 24.3 Å². The van der Waals surface area contributed by atoms with Gasteiger partial charge in [0.15, 0.2) is 0 Å². The van der Waals surface area contributed by atoms with Crippen molar-refractivity contribution >= 4 is 11.6 Å². The number of phenolic OH excluding ortho intramolecular Hbond substituents is 2. The Labute approximate surface area is 173 Å². The van der Waals surface area contributed by atoms with E-state index < -0.39 is 11.6 Å². The van der Waals surface area contributed by atoms with Crippen molar-refractivity contribution in [3.63, 3.8) is 0 Å². The molecule has 0 aliphatic carbocycles. The molecule has 5 heteroatoms. The summed E-state index contributed by atoms with van der Waals surface area (Å²) in [6.45, 7) is 0. The van der Waals surface area contributed by atoms with Crippen LogP contribution in [0.4, 0.5) is 0 Å². The fourth-order valence-corrected chi connectivity index (χ4v) is 2.57. The molecule has 146 valence electrons. The van der Waals surface area contributed by atoms with Gasteiger partial charge in [0.2, 0.25) is 0 Å². The van der Waals surface area contributed by atoms with Gasteiger partial charge in [0.25, 0.3) is 0 Å². The predicted octanol–water partition coefficient (Wildman–Crippen LogP) is 5.45. The molecule has 0 fully saturated rings. The summed E-state index contributed by atoms with van der Waals surface area (Å²) in [5.41, 5.74) is 4.59. The molecule has 2 N–H and O–H groups in total. The Morgan fingerprint density at radius 3 is 0.931 bits per heavy atom. The highest BCUT2D eigenvalue weighted by Crippen LogP contribution is 2.21. The third-order valence-corrected chi connectivity index (χ3v) is 3.95. The zero-order chi connectivity index (χ0) is 20.9. The SMILES string of the molecule is O=S=O.Oc1ccc(-c2ccccc2)cc1.Oc1ccc(-c2ccccc2)cc1. The lowest BCUT2D eigenvalue weighted by molar-refractivity contribution is 0.475. The van der Waals surface area contributed by atoms with Crippen molar-refractivity contribution in [2.24, 2.45) is 0 Å². The Morgan fingerprint density at radius 1 is 0.414 bits per heavy atom. The quantitative estimate of drug-likeness (QED) is 0.466. The molecule has 0 radical (unpaired) electrons. The highest BCUT2D eigenvalue weighted by atomic mass is 32.1. The summed E-state index contributed by atoms with van der Waals surface area (Å²) in [6, 6.07) is 34.6. The summed E-state index contributed by atoms with van der Waals surface area (Å²) >= 11 is -0.750. The lowest BCUT2D eigenvalue weighted by Gasteiger charge is -2.00. The van der Waals surface area contributed by atoms with Crippen LogP contribution in [-0.2, 0) is 11.6 Å². The fraction of sp³-hybridized carbons (Fsp3) is 0. The number of aromatic hydroxyl groups is 2. The van der Waals surface area contributed by atoms with Crippen molar-refractivity contribution in [1.29, 1.82) is 0 Å². The maximum atomic E-state index is 9.10. The summed E-state index contributed by atoms with van der Waals surface area (Å²) in [5.74, 6) is 0.611. The highest BCUT2D eigenvalue weighted by molar-refractivity contribution is 7.51. The van der Waals surface area contributed by atoms with E-state index >= 15 is 0 Å². The summed E-state index contributed by atoms with van der Waals surface area (Å²) in [5, 5.41) is 18.2. The molecule has 4 rings (SSSR count). The summed E-state index contributed by atoms with van der Waals surface area (Å²) < 4.78 is 16.6. The Bertz CT molecular complexity index is 929. The molecule has 0 aliphatic rings. The minimum absolute atomic E-state index is 0.305. The number of benzene rings is 4. The lowest BCUT2D eigenvalue weighted by Crippen LogP contribution is -1.74. The first kappa shape index (κ1) is 21.6. The van der Waals surface area contributed by atoms with Crippen LogP contribution in [0.15, 0.2) is 109 Å². The van der Waals surface area contributed by atoms with Crippen LogP contribution < -0.4 is 0 Å². The molecule has 0 heterocycles. The van der Waals surface area contributed by atoms with E-state index in [2.05, 4.69) is 0 Å². The van der Waals surface area contributed by atoms with Crippen LogP contribution in [0.5, 0.6) is 11.5 Å². The number of rotatable bonds is 2. The van der Waals surface area contributed by atoms with Gasteiger partial charge in [0.1, 0.15) is 11.5 Å². The van der Waals surface area contributed by atoms with Gasteiger partial charge in [0, 0.05) is 0 Å². The molecule has 0 saturated heterocycles. The fourth-order valence-electron chi connectivity index (χ4n) is 2.57. The van der Waals surface area contributed by atoms with Crippen molar-refractivity contribution < 1.29 is 18.6 Å². The molecule has 4 aromatic carbocycles. The summed E-state index contributed by atoms with van der Waals surface area (Å²) in [4.78, 5) is 0. The molecule has 0 amide bonds. The second kappa shape index (κ2) is 11.9. The van der Waals surface area contributed by atoms with Gasteiger partial charge in [-0.3, -0.25) is 0 Å². The number of phenols is 2. The molecular weight excluding hydrogens is 384 g/mol. The van der Waals surface area contributed by atoms with Gasteiger partial charge in [-0.15, -0.1) is 0 Å². The van der Waals surface area contributed by atoms with Gasteiger partial charge >= 0.3 is 11.6 Å². The molecule has 4 aromatic rings. The summed E-state index contributed by atoms with van der Waals surface area (Å²) in [7, 11) is 0. The Balaban J connectivity index is 0.000000183. The first-order chi connectivity index (χ1) is 14.1. The van der Waals surface area contributed by atoms with Gasteiger partial charge in [0.05, 0.1) is 0 Å². The zero-order valence-electron chi connectivity index (χ0n) is 15.5. The monoisotopic (exact) mass is 404 g/mol. The lowest BCUT2D eigenvalue weighted by atomic mass is 10.1. The van der Waals surface area contributed by atoms with E-state index in [0.29, 0.717) is 11.5 Å². The van der Waals surface area contributed by atoms with E-state index in [4.69, 9.17) is 18.6 Å². The Morgan fingerprint density at radius 2 is 0.655 bits per heavy atom. The van der Waals surface area contributed by atoms with Crippen LogP contribution in [0.1, 0.15) is 0 Å². The van der Waals surface area contributed by atoms with E-state index in [9.17, 15) is 0 Å². The van der Waals surface area contributed by atoms with Crippen LogP contribution in [0.3, 0.4) is 0 Å². The zero-order valence-corrected chi connectivity index (χ0v) is 16.3. The average molecular weight is 404 g/mol. The Kier molecular flexibility index (Phi) is 8.86. The molecule has 0 spiro atoms. The van der Waals surface area contributed by atoms with Crippen molar-refractivity contribution in [3.05, 3.63) is 109 Å². The molecule has 0 unspecified atom stereocenters. The second-order valence-corrected chi connectivity index (χ2v) is 6.03. The first-order valence-electron chi connectivity index (χ1n) is 8.74. The van der Waals surface area contributed by atoms with Crippen LogP contribution >= 0.6 is 0 Å². The predicted molar refractivity (Wildman–Crippen MR) is 116 cm³/mol. The number of hydrogen-bond acceptors (Lipinski definition) is 4. The van der Waals surface area contributed by atoms with Gasteiger partial charge < -0.3 is 10.2 Å². The summed E-state index contributed by atoms with van der Waals surface area (Å²) in [6.07, 6.45) is 0. The van der Waals surface area contributed by atoms with Gasteiger partial charge in [-0.25, -0.2) is 0 Å². The number of hydrogen-bond donors (Lipinski definition) is 2. The van der Waals surface area contributed by atoms with Crippen LogP contribution in [0.25, 0.3) is 22.3 Å². The average Bonchev–Trinajstić information content (AvgIpc) is 2.77. The molecule has 0 aliphatic heterocycles. The van der Waals surface area contributed by atoms with Crippen LogP contribution in [0.2, 0.25) is 0 Å². The third-order valence-electron chi connectivity index (χ3n) is 3.95. The van der Waals surface area contributed by atoms with Gasteiger partial charge in [-0.2, -0.15) is 8.42 Å². The van der Waals surface area contributed by atoms with Crippen molar-refractivity contribution in [2.75, 3.05) is 0 Å². The topological polar surface area (TPSA) is 74.6 Å². The maximum absolute atomic E-state index is 9.10. The second-order valence-electron chi connectivity index (χ2n) is 5.89. The molecule has 0 saturated carbocycles. The van der Waals surface area contributed by atoms with E-state index in [1.165, 1.54) is 11.1 Å². The third kappa shape index (κ3) is 7.44. The van der Waals surface area contributed by atoms with E-state index in [-0.39, 0.29) is 0 Å². The smallest absolute Gasteiger partial charge is 0.335 e. The van der Waals surface area contributed by atoms with E-state index in [0.717, 1.165) is 11.1 Å². The van der Waals surface area contributed by atoms with Crippen molar-refractivity contribution in [1.82, 2.24) is 0 Å². The maximum Gasteiger partial charge on any atom is 0.335 e. The first-order valence-corrected chi connectivity index (χ1v) is 9.41. The molecule has 4 nitrogen and oxygen atoms in total. The standard InChI is InChI=1S/2C12H10O.O2S/c2*13-12-8-6-11(7-9-12)10-4-2-1-3-5-10;1-3-2/h2*1-9,13H;. The molecule has 0 atom stereocenters. The largest absolute Gasteiger partial charge is 0.508 e. The minimum Gasteiger partial charge on any atom is -0.508 e. The Hall–Kier alpha value is -3.70. The van der Waals surface area contributed by atoms with Gasteiger partial charge in [-0.05, 0) is 46.5 Å². The van der Waals surface area contributed by atoms with Crippen LogP contribution in [0, 0.1) is 0 Å². The van der Waals surface area contributed by atoms with Crippen molar-refractivity contribution in [3.8, 4) is 33.8 Å². The highest BCUT2D eigenvalue weighted by Gasteiger charge is 1.95. The molecule has 29 heavy (non-hydrogen) atoms. The molecule has 0 aromatic heterocycles. The molecule has 0 bridgehead atoms. The molecular formula is C24H20O4S. The minimum atomic E-state index is -0.750. The van der Waals surface area contributed by atoms with Gasteiger partial charge in [-0.1, -0.05) is 84.9 Å². The van der Waals surface area contributed by atoms with E-state index in [1.807, 2.05) is 84.9 Å². The van der Waals surface area contributed by atoms with Crippen molar-refractivity contribution in [2.45, 2.75) is 0 Å².